The van der Waals surface area contributed by atoms with Crippen molar-refractivity contribution < 1.29 is 24.0 Å². The maximum atomic E-state index is 11.9. The van der Waals surface area contributed by atoms with E-state index < -0.39 is 22.8 Å². The number of hydrogen-bond donors (Lipinski definition) is 3. The highest BCUT2D eigenvalue weighted by molar-refractivity contribution is 6.39. The lowest BCUT2D eigenvalue weighted by molar-refractivity contribution is -0.384. The van der Waals surface area contributed by atoms with Crippen LogP contribution < -0.4 is 10.6 Å². The quantitative estimate of drug-likeness (QED) is 0.427. The van der Waals surface area contributed by atoms with Crippen molar-refractivity contribution in [2.75, 3.05) is 11.9 Å². The predicted octanol–water partition coefficient (Wildman–Crippen LogP) is 1.59. The van der Waals surface area contributed by atoms with Gasteiger partial charge in [-0.1, -0.05) is 0 Å². The van der Waals surface area contributed by atoms with Crippen LogP contribution in [0.3, 0.4) is 0 Å². The molecule has 1 aromatic heterocycles. The van der Waals surface area contributed by atoms with E-state index in [0.717, 1.165) is 0 Å². The number of non-ortho nitro benzene ring substituents is 1. The van der Waals surface area contributed by atoms with Crippen LogP contribution in [0.5, 0.6) is 0 Å². The third-order valence-corrected chi connectivity index (χ3v) is 3.42. The van der Waals surface area contributed by atoms with E-state index in [0.29, 0.717) is 11.3 Å². The molecule has 1 atom stereocenters. The molecule has 2 rings (SSSR count). The molecule has 3 N–H and O–H groups in total. The molecule has 1 aromatic carbocycles. The second-order valence-corrected chi connectivity index (χ2v) is 5.38. The van der Waals surface area contributed by atoms with Crippen LogP contribution in [0.15, 0.2) is 34.7 Å². The lowest BCUT2D eigenvalue weighted by atomic mass is 10.2. The van der Waals surface area contributed by atoms with Gasteiger partial charge >= 0.3 is 11.8 Å². The van der Waals surface area contributed by atoms with E-state index in [4.69, 9.17) is 4.42 Å². The Morgan fingerprint density at radius 3 is 2.52 bits per heavy atom. The van der Waals surface area contributed by atoms with Gasteiger partial charge in [-0.3, -0.25) is 19.7 Å². The van der Waals surface area contributed by atoms with E-state index in [1.54, 1.807) is 26.0 Å². The van der Waals surface area contributed by atoms with E-state index in [2.05, 4.69) is 10.6 Å². The molecule has 1 unspecified atom stereocenters. The van der Waals surface area contributed by atoms with Crippen molar-refractivity contribution in [2.24, 2.45) is 0 Å². The number of benzene rings is 1. The highest BCUT2D eigenvalue weighted by Gasteiger charge is 2.18. The fraction of sp³-hybridized carbons (Fsp3) is 0.250. The van der Waals surface area contributed by atoms with Gasteiger partial charge in [0.15, 0.2) is 0 Å². The van der Waals surface area contributed by atoms with E-state index in [-0.39, 0.29) is 23.7 Å². The molecule has 2 amide bonds. The van der Waals surface area contributed by atoms with Crippen molar-refractivity contribution in [2.45, 2.75) is 20.0 Å². The molecule has 0 spiro atoms. The first-order chi connectivity index (χ1) is 11.8. The summed E-state index contributed by atoms with van der Waals surface area (Å²) < 4.78 is 5.22. The van der Waals surface area contributed by atoms with Gasteiger partial charge < -0.3 is 20.2 Å². The molecule has 2 aromatic rings. The molecule has 0 fully saturated rings. The summed E-state index contributed by atoms with van der Waals surface area (Å²) in [4.78, 5) is 33.8. The Kier molecular flexibility index (Phi) is 5.50. The normalized spacial score (nSPS) is 11.6. The van der Waals surface area contributed by atoms with Crippen LogP contribution >= 0.6 is 0 Å². The minimum atomic E-state index is -1.08. The Bertz CT molecular complexity index is 814. The van der Waals surface area contributed by atoms with Gasteiger partial charge in [0.2, 0.25) is 0 Å². The molecule has 0 aliphatic carbocycles. The third kappa shape index (κ3) is 4.64. The molecule has 0 radical (unpaired) electrons. The number of nitro groups is 1. The van der Waals surface area contributed by atoms with Gasteiger partial charge in [-0.25, -0.2) is 0 Å². The predicted molar refractivity (Wildman–Crippen MR) is 87.9 cm³/mol. The van der Waals surface area contributed by atoms with Crippen LogP contribution in [0.4, 0.5) is 11.4 Å². The summed E-state index contributed by atoms with van der Waals surface area (Å²) in [5.74, 6) is -0.990. The summed E-state index contributed by atoms with van der Waals surface area (Å²) in [6.07, 6.45) is -1.08. The van der Waals surface area contributed by atoms with Crippen molar-refractivity contribution >= 4 is 23.2 Å². The fourth-order valence-electron chi connectivity index (χ4n) is 2.08. The van der Waals surface area contributed by atoms with E-state index >= 15 is 0 Å². The maximum absolute atomic E-state index is 11.9. The number of amides is 2. The molecule has 9 nitrogen and oxygen atoms in total. The largest absolute Gasteiger partial charge is 0.464 e. The number of rotatable bonds is 5. The zero-order valence-corrected chi connectivity index (χ0v) is 13.6. The Hall–Kier alpha value is -3.20. The molecule has 1 heterocycles. The van der Waals surface area contributed by atoms with Crippen LogP contribution in [0.1, 0.15) is 23.2 Å². The van der Waals surface area contributed by atoms with Gasteiger partial charge in [-0.15, -0.1) is 0 Å². The summed E-state index contributed by atoms with van der Waals surface area (Å²) in [5.41, 5.74) is 0.617. The van der Waals surface area contributed by atoms with Gasteiger partial charge in [0, 0.05) is 17.8 Å². The first kappa shape index (κ1) is 18.1. The average Bonchev–Trinajstić information content (AvgIpc) is 3.00. The van der Waals surface area contributed by atoms with E-state index in [9.17, 15) is 24.8 Å². The van der Waals surface area contributed by atoms with Crippen LogP contribution in [0, 0.1) is 24.0 Å². The number of nitrogens with zero attached hydrogens (tertiary/aromatic N) is 1. The number of nitro benzene ring substituents is 1. The molecular formula is C16H17N3O6. The average molecular weight is 347 g/mol. The van der Waals surface area contributed by atoms with Crippen molar-refractivity contribution in [1.29, 1.82) is 0 Å². The van der Waals surface area contributed by atoms with E-state index in [1.165, 1.54) is 18.2 Å². The molecule has 0 bridgehead atoms. The molecule has 0 saturated heterocycles. The van der Waals surface area contributed by atoms with Gasteiger partial charge in [-0.2, -0.15) is 0 Å². The zero-order chi connectivity index (χ0) is 18.6. The number of hydrogen-bond acceptors (Lipinski definition) is 6. The zero-order valence-electron chi connectivity index (χ0n) is 13.6. The van der Waals surface area contributed by atoms with Crippen molar-refractivity contribution in [3.8, 4) is 0 Å². The number of carbonyl (C=O) groups is 2. The number of anilines is 1. The Morgan fingerprint density at radius 1 is 1.24 bits per heavy atom. The smallest absolute Gasteiger partial charge is 0.313 e. The summed E-state index contributed by atoms with van der Waals surface area (Å²) in [6.45, 7) is 3.09. The highest BCUT2D eigenvalue weighted by atomic mass is 16.6. The van der Waals surface area contributed by atoms with Crippen LogP contribution in [0.25, 0.3) is 0 Å². The van der Waals surface area contributed by atoms with Gasteiger partial charge in [-0.05, 0) is 37.6 Å². The highest BCUT2D eigenvalue weighted by Crippen LogP contribution is 2.21. The minimum Gasteiger partial charge on any atom is -0.464 e. The topological polar surface area (TPSA) is 135 Å². The van der Waals surface area contributed by atoms with Gasteiger partial charge in [0.25, 0.3) is 5.69 Å². The second kappa shape index (κ2) is 7.58. The summed E-state index contributed by atoms with van der Waals surface area (Å²) in [7, 11) is 0. The molecular weight excluding hydrogens is 330 g/mol. The first-order valence-corrected chi connectivity index (χ1v) is 7.36. The van der Waals surface area contributed by atoms with Crippen molar-refractivity contribution in [3.05, 3.63) is 57.5 Å². The van der Waals surface area contributed by atoms with E-state index in [1.807, 2.05) is 0 Å². The lowest BCUT2D eigenvalue weighted by Crippen LogP contribution is -2.37. The monoisotopic (exact) mass is 347 g/mol. The van der Waals surface area contributed by atoms with Gasteiger partial charge in [0.1, 0.15) is 17.6 Å². The maximum Gasteiger partial charge on any atom is 0.313 e. The minimum absolute atomic E-state index is 0.114. The molecule has 0 aliphatic heterocycles. The van der Waals surface area contributed by atoms with Gasteiger partial charge in [0.05, 0.1) is 11.5 Å². The Balaban J connectivity index is 1.92. The third-order valence-electron chi connectivity index (χ3n) is 3.42. The van der Waals surface area contributed by atoms with Crippen LogP contribution in [-0.2, 0) is 9.59 Å². The lowest BCUT2D eigenvalue weighted by Gasteiger charge is -2.11. The number of aliphatic hydroxyl groups excluding tert-OH is 1. The molecule has 9 heteroatoms. The number of carbonyl (C=O) groups excluding carboxylic acids is 2. The number of aliphatic hydroxyl groups is 1. The first-order valence-electron chi connectivity index (χ1n) is 7.36. The fourth-order valence-corrected chi connectivity index (χ4v) is 2.08. The second-order valence-electron chi connectivity index (χ2n) is 5.38. The van der Waals surface area contributed by atoms with Crippen molar-refractivity contribution in [1.82, 2.24) is 5.32 Å². The standard InChI is InChI=1S/C16H17N3O6/c1-9-7-11(19(23)24)4-5-12(9)18-16(22)15(21)17-8-13(20)14-6-3-10(2)25-14/h3-7,13,20H,8H2,1-2H3,(H,17,21)(H,18,22). The summed E-state index contributed by atoms with van der Waals surface area (Å²) >= 11 is 0. The van der Waals surface area contributed by atoms with Crippen LogP contribution in [0.2, 0.25) is 0 Å². The number of furan rings is 1. The molecule has 25 heavy (non-hydrogen) atoms. The summed E-state index contributed by atoms with van der Waals surface area (Å²) in [6, 6.07) is 7.11. The molecule has 132 valence electrons. The Morgan fingerprint density at radius 2 is 1.96 bits per heavy atom. The Labute approximate surface area is 142 Å². The number of aryl methyl sites for hydroxylation is 2. The SMILES string of the molecule is Cc1ccc(C(O)CNC(=O)C(=O)Nc2ccc([N+](=O)[O-])cc2C)o1. The molecule has 0 aliphatic rings. The molecule has 0 saturated carbocycles. The summed E-state index contributed by atoms with van der Waals surface area (Å²) in [5, 5.41) is 25.2. The number of nitrogens with one attached hydrogen (secondary N) is 2. The van der Waals surface area contributed by atoms with Crippen LogP contribution in [-0.4, -0.2) is 28.4 Å². The van der Waals surface area contributed by atoms with Crippen molar-refractivity contribution in [3.63, 3.8) is 0 Å².